The Balaban J connectivity index is 2.81. The Bertz CT molecular complexity index is 579. The van der Waals surface area contributed by atoms with Gasteiger partial charge in [-0.05, 0) is 24.3 Å². The molecule has 3 nitrogen and oxygen atoms in total. The molecule has 0 bridgehead atoms. The molecule has 0 saturated heterocycles. The van der Waals surface area contributed by atoms with Crippen molar-refractivity contribution in [2.24, 2.45) is 0 Å². The maximum atomic E-state index is 13.0. The highest BCUT2D eigenvalue weighted by Gasteiger charge is 2.75. The highest BCUT2D eigenvalue weighted by molar-refractivity contribution is 5.96. The summed E-state index contributed by atoms with van der Waals surface area (Å²) in [4.78, 5) is 11.0. The third kappa shape index (κ3) is 3.93. The number of carbonyl (C=O) groups excluding carboxylic acids is 1. The molecule has 1 N–H and O–H groups in total. The summed E-state index contributed by atoms with van der Waals surface area (Å²) >= 11 is 0. The molecule has 0 saturated carbocycles. The second-order valence-electron chi connectivity index (χ2n) is 4.22. The predicted octanol–water partition coefficient (Wildman–Crippen LogP) is 4.02. The minimum absolute atomic E-state index is 0.0934. The van der Waals surface area contributed by atoms with Gasteiger partial charge in [0.15, 0.2) is 0 Å². The number of allylic oxidation sites excluding steroid dienone is 1. The molecule has 0 aliphatic rings. The van der Waals surface area contributed by atoms with Crippen LogP contribution in [0.5, 0.6) is 5.75 Å². The van der Waals surface area contributed by atoms with Crippen LogP contribution < -0.4 is 10.1 Å². The molecular formula is C13H10F7NO2. The highest BCUT2D eigenvalue weighted by atomic mass is 19.4. The number of hydrogen-bond acceptors (Lipinski definition) is 3. The zero-order valence-corrected chi connectivity index (χ0v) is 11.4. The van der Waals surface area contributed by atoms with Gasteiger partial charge in [-0.25, -0.2) is 0 Å². The maximum absolute atomic E-state index is 13.0. The van der Waals surface area contributed by atoms with E-state index in [2.05, 4.69) is 5.32 Å². The van der Waals surface area contributed by atoms with Gasteiger partial charge in [0.1, 0.15) is 5.75 Å². The van der Waals surface area contributed by atoms with Crippen molar-refractivity contribution < 1.29 is 40.3 Å². The van der Waals surface area contributed by atoms with E-state index in [1.165, 1.54) is 31.4 Å². The van der Waals surface area contributed by atoms with E-state index in [9.17, 15) is 35.5 Å². The van der Waals surface area contributed by atoms with E-state index < -0.39 is 23.8 Å². The number of hydrogen-bond donors (Lipinski definition) is 1. The van der Waals surface area contributed by atoms with Crippen LogP contribution in [0.1, 0.15) is 0 Å². The SMILES string of the molecule is COc1ccc(N/C=C\C(=O)C(F)(F)C(F)(F)C(F)(F)F)cc1. The van der Waals surface area contributed by atoms with Crippen LogP contribution in [0.25, 0.3) is 0 Å². The molecule has 1 rings (SSSR count). The van der Waals surface area contributed by atoms with Gasteiger partial charge < -0.3 is 10.1 Å². The number of halogens is 7. The second kappa shape index (κ2) is 6.47. The van der Waals surface area contributed by atoms with Gasteiger partial charge in [-0.1, -0.05) is 0 Å². The Morgan fingerprint density at radius 1 is 1.04 bits per heavy atom. The van der Waals surface area contributed by atoms with E-state index in [1.807, 2.05) is 0 Å². The van der Waals surface area contributed by atoms with E-state index in [4.69, 9.17) is 4.74 Å². The van der Waals surface area contributed by atoms with E-state index in [0.717, 1.165) is 0 Å². The molecule has 0 amide bonds. The van der Waals surface area contributed by atoms with Crippen LogP contribution in [-0.2, 0) is 4.79 Å². The summed E-state index contributed by atoms with van der Waals surface area (Å²) in [5, 5.41) is 2.27. The Hall–Kier alpha value is -2.26. The van der Waals surface area contributed by atoms with Crippen molar-refractivity contribution in [3.63, 3.8) is 0 Å². The number of alkyl halides is 7. The van der Waals surface area contributed by atoms with Crippen molar-refractivity contribution in [2.75, 3.05) is 12.4 Å². The Kier molecular flexibility index (Phi) is 5.28. The number of methoxy groups -OCH3 is 1. The Morgan fingerprint density at radius 2 is 1.57 bits per heavy atom. The lowest BCUT2D eigenvalue weighted by Crippen LogP contribution is -2.55. The van der Waals surface area contributed by atoms with Crippen LogP contribution in [0, 0.1) is 0 Å². The Labute approximate surface area is 125 Å². The molecule has 0 atom stereocenters. The lowest BCUT2D eigenvalue weighted by molar-refractivity contribution is -0.342. The summed E-state index contributed by atoms with van der Waals surface area (Å²) in [6.45, 7) is 0. The van der Waals surface area contributed by atoms with Gasteiger partial charge >= 0.3 is 18.0 Å². The van der Waals surface area contributed by atoms with E-state index in [1.54, 1.807) is 0 Å². The third-order valence-corrected chi connectivity index (χ3v) is 2.63. The summed E-state index contributed by atoms with van der Waals surface area (Å²) in [6, 6.07) is 5.72. The molecule has 128 valence electrons. The van der Waals surface area contributed by atoms with Crippen molar-refractivity contribution in [1.82, 2.24) is 0 Å². The van der Waals surface area contributed by atoms with Gasteiger partial charge in [-0.15, -0.1) is 0 Å². The normalized spacial score (nSPS) is 13.2. The summed E-state index contributed by atoms with van der Waals surface area (Å²) in [5.74, 6) is -14.6. The summed E-state index contributed by atoms with van der Waals surface area (Å²) < 4.78 is 91.8. The molecule has 0 aliphatic heterocycles. The van der Waals surface area contributed by atoms with Crippen molar-refractivity contribution in [1.29, 1.82) is 0 Å². The fourth-order valence-electron chi connectivity index (χ4n) is 1.34. The number of anilines is 1. The lowest BCUT2D eigenvalue weighted by atomic mass is 10.1. The van der Waals surface area contributed by atoms with Gasteiger partial charge in [0.2, 0.25) is 5.78 Å². The predicted molar refractivity (Wildman–Crippen MR) is 66.7 cm³/mol. The monoisotopic (exact) mass is 345 g/mol. The molecular weight excluding hydrogens is 335 g/mol. The second-order valence-corrected chi connectivity index (χ2v) is 4.22. The lowest BCUT2D eigenvalue weighted by Gasteiger charge is -2.26. The first kappa shape index (κ1) is 18.8. The molecule has 0 fully saturated rings. The number of ether oxygens (including phenoxy) is 1. The van der Waals surface area contributed by atoms with Crippen LogP contribution >= 0.6 is 0 Å². The molecule has 1 aromatic rings. The van der Waals surface area contributed by atoms with Gasteiger partial charge in [0.25, 0.3) is 0 Å². The number of carbonyl (C=O) groups is 1. The number of rotatable bonds is 6. The van der Waals surface area contributed by atoms with Crippen LogP contribution in [0.2, 0.25) is 0 Å². The quantitative estimate of drug-likeness (QED) is 0.625. The topological polar surface area (TPSA) is 38.3 Å². The first-order chi connectivity index (χ1) is 10.4. The van der Waals surface area contributed by atoms with E-state index in [-0.39, 0.29) is 11.8 Å². The highest BCUT2D eigenvalue weighted by Crippen LogP contribution is 2.46. The number of ketones is 1. The zero-order chi connectivity index (χ0) is 17.9. The molecule has 0 radical (unpaired) electrons. The molecule has 0 unspecified atom stereocenters. The Morgan fingerprint density at radius 3 is 2.00 bits per heavy atom. The average molecular weight is 345 g/mol. The molecule has 0 aliphatic carbocycles. The van der Waals surface area contributed by atoms with Crippen molar-refractivity contribution in [3.8, 4) is 5.75 Å². The number of benzene rings is 1. The van der Waals surface area contributed by atoms with Crippen molar-refractivity contribution in [2.45, 2.75) is 18.0 Å². The maximum Gasteiger partial charge on any atom is 0.460 e. The van der Waals surface area contributed by atoms with Crippen molar-refractivity contribution >= 4 is 11.5 Å². The van der Waals surface area contributed by atoms with Gasteiger partial charge in [0.05, 0.1) is 7.11 Å². The van der Waals surface area contributed by atoms with Crippen LogP contribution in [0.15, 0.2) is 36.5 Å². The summed E-state index contributed by atoms with van der Waals surface area (Å²) in [6.07, 6.45) is -6.11. The average Bonchev–Trinajstić information content (AvgIpc) is 2.46. The standard InChI is InChI=1S/C13H10F7NO2/c1-23-9-4-2-8(3-5-9)21-7-6-10(22)11(14,15)12(16,17)13(18,19)20/h2-7,21H,1H3/b7-6-. The number of nitrogens with one attached hydrogen (secondary N) is 1. The first-order valence-electron chi connectivity index (χ1n) is 5.87. The van der Waals surface area contributed by atoms with Crippen LogP contribution in [-0.4, -0.2) is 30.9 Å². The zero-order valence-electron chi connectivity index (χ0n) is 11.4. The molecule has 23 heavy (non-hydrogen) atoms. The first-order valence-corrected chi connectivity index (χ1v) is 5.87. The van der Waals surface area contributed by atoms with E-state index in [0.29, 0.717) is 11.9 Å². The van der Waals surface area contributed by atoms with Gasteiger partial charge in [-0.2, -0.15) is 30.7 Å². The fraction of sp³-hybridized carbons (Fsp3) is 0.308. The molecule has 0 heterocycles. The summed E-state index contributed by atoms with van der Waals surface area (Å²) in [5.41, 5.74) is 0.265. The summed E-state index contributed by atoms with van der Waals surface area (Å²) in [7, 11) is 1.39. The minimum Gasteiger partial charge on any atom is -0.497 e. The van der Waals surface area contributed by atoms with Gasteiger partial charge in [0, 0.05) is 18.0 Å². The molecule has 0 spiro atoms. The molecule has 1 aromatic carbocycles. The van der Waals surface area contributed by atoms with Gasteiger partial charge in [-0.3, -0.25) is 4.79 Å². The molecule has 10 heteroatoms. The third-order valence-electron chi connectivity index (χ3n) is 2.63. The van der Waals surface area contributed by atoms with Crippen LogP contribution in [0.3, 0.4) is 0 Å². The smallest absolute Gasteiger partial charge is 0.460 e. The fourth-order valence-corrected chi connectivity index (χ4v) is 1.34. The molecule has 0 aromatic heterocycles. The van der Waals surface area contributed by atoms with Crippen LogP contribution in [0.4, 0.5) is 36.4 Å². The minimum atomic E-state index is -6.55. The largest absolute Gasteiger partial charge is 0.497 e. The van der Waals surface area contributed by atoms with E-state index >= 15 is 0 Å². The van der Waals surface area contributed by atoms with Crippen molar-refractivity contribution in [3.05, 3.63) is 36.5 Å².